The highest BCUT2D eigenvalue weighted by atomic mass is 127. The number of pyridine rings is 1. The number of aliphatic imine (C=N–C) groups is 1. The highest BCUT2D eigenvalue weighted by Gasteiger charge is 2.22. The normalized spacial score (nSPS) is 16.9. The van der Waals surface area contributed by atoms with Gasteiger partial charge < -0.3 is 15.4 Å². The zero-order valence-corrected chi connectivity index (χ0v) is 19.2. The fourth-order valence-corrected chi connectivity index (χ4v) is 3.39. The van der Waals surface area contributed by atoms with Crippen molar-refractivity contribution in [1.29, 1.82) is 0 Å². The molecule has 0 aliphatic carbocycles. The van der Waals surface area contributed by atoms with Gasteiger partial charge in [0.15, 0.2) is 5.96 Å². The van der Waals surface area contributed by atoms with E-state index >= 15 is 0 Å². The monoisotopic (exact) mass is 513 g/mol. The number of nitrogens with one attached hydrogen (secondary N) is 2. The molecule has 2 heterocycles. The van der Waals surface area contributed by atoms with Crippen molar-refractivity contribution in [3.05, 3.63) is 54.0 Å². The van der Waals surface area contributed by atoms with Crippen molar-refractivity contribution in [1.82, 2.24) is 20.5 Å². The van der Waals surface area contributed by atoms with Crippen LogP contribution in [0.2, 0.25) is 0 Å². The maximum absolute atomic E-state index is 13.2. The molecule has 1 aliphatic rings. The summed E-state index contributed by atoms with van der Waals surface area (Å²) in [6.07, 6.45) is 4.24. The second-order valence-corrected chi connectivity index (χ2v) is 6.80. The number of halogens is 2. The molecule has 1 atom stereocenters. The van der Waals surface area contributed by atoms with Crippen LogP contribution in [0.1, 0.15) is 25.3 Å². The highest BCUT2D eigenvalue weighted by Crippen LogP contribution is 2.20. The Bertz CT molecular complexity index is 787. The first kappa shape index (κ1) is 23.3. The number of guanidine groups is 1. The molecule has 0 spiro atoms. The van der Waals surface area contributed by atoms with Crippen LogP contribution >= 0.6 is 24.0 Å². The molecule has 3 rings (SSSR count). The fraction of sp³-hybridized carbons (Fsp3) is 0.429. The zero-order chi connectivity index (χ0) is 19.8. The molecule has 8 heteroatoms. The summed E-state index contributed by atoms with van der Waals surface area (Å²) in [5.74, 6) is 1.30. The van der Waals surface area contributed by atoms with E-state index in [1.807, 2.05) is 6.07 Å². The Morgan fingerprint density at radius 3 is 2.86 bits per heavy atom. The summed E-state index contributed by atoms with van der Waals surface area (Å²) in [6.45, 7) is 5.99. The molecule has 0 radical (unpaired) electrons. The van der Waals surface area contributed by atoms with Gasteiger partial charge >= 0.3 is 0 Å². The smallest absolute Gasteiger partial charge is 0.219 e. The maximum atomic E-state index is 13.2. The largest absolute Gasteiger partial charge is 0.439 e. The first-order valence-electron chi connectivity index (χ1n) is 9.75. The molecule has 1 fully saturated rings. The molecule has 1 aromatic heterocycles. The van der Waals surface area contributed by atoms with E-state index in [9.17, 15) is 4.39 Å². The van der Waals surface area contributed by atoms with Gasteiger partial charge in [-0.1, -0.05) is 19.1 Å². The lowest BCUT2D eigenvalue weighted by Crippen LogP contribution is -2.44. The molecule has 1 aliphatic heterocycles. The Hall–Kier alpha value is -1.94. The van der Waals surface area contributed by atoms with Crippen molar-refractivity contribution in [2.75, 3.05) is 26.7 Å². The summed E-state index contributed by atoms with van der Waals surface area (Å²) in [6, 6.07) is 10.3. The molecule has 0 saturated carbocycles. The van der Waals surface area contributed by atoms with E-state index in [1.165, 1.54) is 31.5 Å². The second-order valence-electron chi connectivity index (χ2n) is 6.80. The maximum Gasteiger partial charge on any atom is 0.219 e. The number of nitrogens with zero attached hydrogens (tertiary/aromatic N) is 3. The van der Waals surface area contributed by atoms with E-state index in [-0.39, 0.29) is 29.8 Å². The Labute approximate surface area is 189 Å². The molecule has 1 saturated heterocycles. The Kier molecular flexibility index (Phi) is 9.59. The first-order valence-corrected chi connectivity index (χ1v) is 9.75. The number of hydrogen-bond donors (Lipinski definition) is 2. The third-order valence-corrected chi connectivity index (χ3v) is 4.91. The summed E-state index contributed by atoms with van der Waals surface area (Å²) < 4.78 is 18.8. The van der Waals surface area contributed by atoms with Crippen molar-refractivity contribution in [3.8, 4) is 11.6 Å². The number of benzene rings is 1. The van der Waals surface area contributed by atoms with Crippen LogP contribution in [0.3, 0.4) is 0 Å². The van der Waals surface area contributed by atoms with Crippen LogP contribution in [0.5, 0.6) is 11.6 Å². The van der Waals surface area contributed by atoms with Crippen molar-refractivity contribution in [2.45, 2.75) is 32.4 Å². The molecule has 158 valence electrons. The van der Waals surface area contributed by atoms with Crippen molar-refractivity contribution >= 4 is 29.9 Å². The Morgan fingerprint density at radius 2 is 2.17 bits per heavy atom. The summed E-state index contributed by atoms with van der Waals surface area (Å²) >= 11 is 0. The van der Waals surface area contributed by atoms with E-state index < -0.39 is 0 Å². The average molecular weight is 513 g/mol. The predicted octanol–water partition coefficient (Wildman–Crippen LogP) is 3.78. The number of likely N-dealkylation sites (N-methyl/N-ethyl adjacent to an activating group) is 1. The van der Waals surface area contributed by atoms with Crippen LogP contribution < -0.4 is 15.4 Å². The van der Waals surface area contributed by atoms with Crippen LogP contribution in [0.25, 0.3) is 0 Å². The molecule has 0 amide bonds. The standard InChI is InChI=1S/C21H28FN5O.HI/c1-3-27-11-5-7-18(27)15-26-21(23-2)25-14-16-9-10-20(24-13-16)28-19-8-4-6-17(22)12-19;/h4,6,8-10,12-13,18H,3,5,7,11,14-15H2,1-2H3,(H2,23,25,26);1H. The molecule has 6 nitrogen and oxygen atoms in total. The minimum Gasteiger partial charge on any atom is -0.439 e. The summed E-state index contributed by atoms with van der Waals surface area (Å²) in [5.41, 5.74) is 1.01. The zero-order valence-electron chi connectivity index (χ0n) is 16.9. The summed E-state index contributed by atoms with van der Waals surface area (Å²) in [7, 11) is 1.77. The highest BCUT2D eigenvalue weighted by molar-refractivity contribution is 14.0. The quantitative estimate of drug-likeness (QED) is 0.336. The lowest BCUT2D eigenvalue weighted by molar-refractivity contribution is 0.267. The first-order chi connectivity index (χ1) is 13.7. The third kappa shape index (κ3) is 7.11. The SMILES string of the molecule is CCN1CCCC1CNC(=NC)NCc1ccc(Oc2cccc(F)c2)nc1.I. The average Bonchev–Trinajstić information content (AvgIpc) is 3.17. The van der Waals surface area contributed by atoms with Crippen molar-refractivity contribution < 1.29 is 9.13 Å². The molecule has 2 N–H and O–H groups in total. The number of likely N-dealkylation sites (tertiary alicyclic amines) is 1. The van der Waals surface area contributed by atoms with Crippen LogP contribution in [0.15, 0.2) is 47.6 Å². The third-order valence-electron chi connectivity index (χ3n) is 4.91. The minimum absolute atomic E-state index is 0. The lowest BCUT2D eigenvalue weighted by Gasteiger charge is -2.24. The number of hydrogen-bond acceptors (Lipinski definition) is 4. The fourth-order valence-electron chi connectivity index (χ4n) is 3.39. The van der Waals surface area contributed by atoms with Gasteiger partial charge in [-0.2, -0.15) is 0 Å². The number of rotatable bonds is 7. The number of ether oxygens (including phenoxy) is 1. The van der Waals surface area contributed by atoms with Crippen LogP contribution in [0.4, 0.5) is 4.39 Å². The summed E-state index contributed by atoms with van der Waals surface area (Å²) in [5, 5.41) is 6.72. The number of aromatic nitrogens is 1. The van der Waals surface area contributed by atoms with Gasteiger partial charge in [0.05, 0.1) is 0 Å². The molecule has 0 bridgehead atoms. The van der Waals surface area contributed by atoms with Crippen LogP contribution in [-0.2, 0) is 6.54 Å². The van der Waals surface area contributed by atoms with Gasteiger partial charge in [0.1, 0.15) is 11.6 Å². The van der Waals surface area contributed by atoms with Crippen molar-refractivity contribution in [2.24, 2.45) is 4.99 Å². The van der Waals surface area contributed by atoms with Gasteiger partial charge in [-0.05, 0) is 43.6 Å². The lowest BCUT2D eigenvalue weighted by atomic mass is 10.2. The van der Waals surface area contributed by atoms with E-state index in [4.69, 9.17) is 4.74 Å². The van der Waals surface area contributed by atoms with Gasteiger partial charge in [-0.25, -0.2) is 9.37 Å². The molecular weight excluding hydrogens is 484 g/mol. The second kappa shape index (κ2) is 11.9. The van der Waals surface area contributed by atoms with Crippen LogP contribution in [0, 0.1) is 5.82 Å². The molecule has 29 heavy (non-hydrogen) atoms. The van der Waals surface area contributed by atoms with E-state index in [1.54, 1.807) is 31.4 Å². The van der Waals surface area contributed by atoms with Gasteiger partial charge in [0.2, 0.25) is 5.88 Å². The summed E-state index contributed by atoms with van der Waals surface area (Å²) in [4.78, 5) is 11.1. The predicted molar refractivity (Wildman–Crippen MR) is 125 cm³/mol. The molecule has 1 aromatic carbocycles. The van der Waals surface area contributed by atoms with Crippen LogP contribution in [-0.4, -0.2) is 48.6 Å². The van der Waals surface area contributed by atoms with E-state index in [0.29, 0.717) is 24.2 Å². The topological polar surface area (TPSA) is 61.8 Å². The Balaban J connectivity index is 0.00000300. The van der Waals surface area contributed by atoms with E-state index in [0.717, 1.165) is 24.6 Å². The Morgan fingerprint density at radius 1 is 1.31 bits per heavy atom. The minimum atomic E-state index is -0.336. The van der Waals surface area contributed by atoms with Gasteiger partial charge in [0, 0.05) is 44.5 Å². The van der Waals surface area contributed by atoms with Crippen molar-refractivity contribution in [3.63, 3.8) is 0 Å². The van der Waals surface area contributed by atoms with Gasteiger partial charge in [-0.15, -0.1) is 24.0 Å². The molecule has 1 unspecified atom stereocenters. The van der Waals surface area contributed by atoms with Gasteiger partial charge in [0.25, 0.3) is 0 Å². The van der Waals surface area contributed by atoms with E-state index in [2.05, 4.69) is 32.4 Å². The molecule has 2 aromatic rings. The van der Waals surface area contributed by atoms with Gasteiger partial charge in [-0.3, -0.25) is 9.89 Å². The molecular formula is C21H29FIN5O.